The van der Waals surface area contributed by atoms with Crippen molar-refractivity contribution in [3.63, 3.8) is 0 Å². The highest BCUT2D eigenvalue weighted by Gasteiger charge is 2.22. The fraction of sp³-hybridized carbons (Fsp3) is 0.500. The van der Waals surface area contributed by atoms with Crippen LogP contribution in [0.5, 0.6) is 0 Å². The molecule has 4 nitrogen and oxygen atoms in total. The number of hydrogen-bond acceptors (Lipinski definition) is 3. The minimum Gasteiger partial charge on any atom is -0.393 e. The predicted molar refractivity (Wildman–Crippen MR) is 70.0 cm³/mol. The van der Waals surface area contributed by atoms with Crippen molar-refractivity contribution in [3.8, 4) is 0 Å². The fourth-order valence-electron chi connectivity index (χ4n) is 2.05. The van der Waals surface area contributed by atoms with E-state index in [4.69, 9.17) is 23.2 Å². The number of halogens is 2. The van der Waals surface area contributed by atoms with Crippen LogP contribution in [-0.4, -0.2) is 28.1 Å². The van der Waals surface area contributed by atoms with Crippen molar-refractivity contribution in [3.05, 3.63) is 28.0 Å². The molecule has 18 heavy (non-hydrogen) atoms. The van der Waals surface area contributed by atoms with E-state index in [1.807, 2.05) is 0 Å². The monoisotopic (exact) mass is 288 g/mol. The summed E-state index contributed by atoms with van der Waals surface area (Å²) in [6.45, 7) is 0. The first-order valence-electron chi connectivity index (χ1n) is 5.87. The molecule has 0 spiro atoms. The predicted octanol–water partition coefficient (Wildman–Crippen LogP) is 2.42. The lowest BCUT2D eigenvalue weighted by Crippen LogP contribution is -2.39. The second-order valence-corrected chi connectivity index (χ2v) is 5.24. The largest absolute Gasteiger partial charge is 0.393 e. The van der Waals surface area contributed by atoms with Crippen LogP contribution in [0.3, 0.4) is 0 Å². The molecule has 1 amide bonds. The maximum atomic E-state index is 12.0. The average molecular weight is 289 g/mol. The van der Waals surface area contributed by atoms with Crippen LogP contribution in [0.25, 0.3) is 0 Å². The molecule has 0 aromatic carbocycles. The zero-order valence-electron chi connectivity index (χ0n) is 9.70. The molecule has 0 bridgehead atoms. The summed E-state index contributed by atoms with van der Waals surface area (Å²) in [5, 5.41) is 12.8. The number of aliphatic hydroxyl groups is 1. The van der Waals surface area contributed by atoms with Crippen LogP contribution in [0.4, 0.5) is 0 Å². The maximum Gasteiger partial charge on any atom is 0.271 e. The van der Waals surface area contributed by atoms with Gasteiger partial charge in [-0.15, -0.1) is 0 Å². The average Bonchev–Trinajstić information content (AvgIpc) is 2.35. The quantitative estimate of drug-likeness (QED) is 0.822. The van der Waals surface area contributed by atoms with E-state index in [9.17, 15) is 9.90 Å². The lowest BCUT2D eigenvalue weighted by molar-refractivity contribution is 0.0863. The summed E-state index contributed by atoms with van der Waals surface area (Å²) in [6.07, 6.45) is 2.71. The lowest BCUT2D eigenvalue weighted by atomic mass is 9.93. The minimum absolute atomic E-state index is 0.0674. The van der Waals surface area contributed by atoms with Crippen molar-refractivity contribution in [2.45, 2.75) is 37.8 Å². The second kappa shape index (κ2) is 5.87. The Balaban J connectivity index is 2.01. The van der Waals surface area contributed by atoms with Crippen LogP contribution in [-0.2, 0) is 0 Å². The summed E-state index contributed by atoms with van der Waals surface area (Å²) in [4.78, 5) is 15.9. The number of pyridine rings is 1. The number of carbonyl (C=O) groups is 1. The Hall–Kier alpha value is -0.840. The van der Waals surface area contributed by atoms with E-state index in [-0.39, 0.29) is 33.9 Å². The summed E-state index contributed by atoms with van der Waals surface area (Å²) in [5.74, 6) is -0.316. The molecule has 0 unspecified atom stereocenters. The SMILES string of the molecule is O=C(NC1CCC(O)CC1)c1nc(Cl)ccc1Cl. The van der Waals surface area contributed by atoms with E-state index in [0.717, 1.165) is 12.8 Å². The third kappa shape index (κ3) is 3.34. The van der Waals surface area contributed by atoms with E-state index >= 15 is 0 Å². The molecule has 0 radical (unpaired) electrons. The van der Waals surface area contributed by atoms with Gasteiger partial charge in [-0.3, -0.25) is 4.79 Å². The van der Waals surface area contributed by atoms with Crippen LogP contribution < -0.4 is 5.32 Å². The highest BCUT2D eigenvalue weighted by Crippen LogP contribution is 2.20. The van der Waals surface area contributed by atoms with E-state index in [1.54, 1.807) is 6.07 Å². The smallest absolute Gasteiger partial charge is 0.271 e. The van der Waals surface area contributed by atoms with Crippen molar-refractivity contribution in [2.24, 2.45) is 0 Å². The minimum atomic E-state index is -0.316. The summed E-state index contributed by atoms with van der Waals surface area (Å²) < 4.78 is 0. The molecule has 0 atom stereocenters. The number of hydrogen-bond donors (Lipinski definition) is 2. The van der Waals surface area contributed by atoms with Gasteiger partial charge in [0.15, 0.2) is 0 Å². The van der Waals surface area contributed by atoms with Gasteiger partial charge in [0.25, 0.3) is 5.91 Å². The van der Waals surface area contributed by atoms with Crippen LogP contribution in [0.1, 0.15) is 36.2 Å². The first kappa shape index (κ1) is 13.6. The molecule has 1 heterocycles. The summed E-state index contributed by atoms with van der Waals surface area (Å²) in [5.41, 5.74) is 0.148. The van der Waals surface area contributed by atoms with Gasteiger partial charge in [0.2, 0.25) is 0 Å². The number of nitrogens with zero attached hydrogens (tertiary/aromatic N) is 1. The van der Waals surface area contributed by atoms with Crippen LogP contribution >= 0.6 is 23.2 Å². The van der Waals surface area contributed by atoms with Gasteiger partial charge in [0.1, 0.15) is 10.8 Å². The Kier molecular flexibility index (Phi) is 4.43. The molecule has 6 heteroatoms. The van der Waals surface area contributed by atoms with Crippen LogP contribution in [0.2, 0.25) is 10.2 Å². The lowest BCUT2D eigenvalue weighted by Gasteiger charge is -2.26. The van der Waals surface area contributed by atoms with E-state index in [1.165, 1.54) is 6.07 Å². The molecule has 1 fully saturated rings. The van der Waals surface area contributed by atoms with Gasteiger partial charge < -0.3 is 10.4 Å². The Morgan fingerprint density at radius 1 is 1.28 bits per heavy atom. The van der Waals surface area contributed by atoms with Crippen molar-refractivity contribution in [1.82, 2.24) is 10.3 Å². The van der Waals surface area contributed by atoms with E-state index in [2.05, 4.69) is 10.3 Å². The van der Waals surface area contributed by atoms with Crippen molar-refractivity contribution in [2.75, 3.05) is 0 Å². The maximum absolute atomic E-state index is 12.0. The van der Waals surface area contributed by atoms with Gasteiger partial charge in [-0.05, 0) is 37.8 Å². The van der Waals surface area contributed by atoms with Crippen LogP contribution in [0, 0.1) is 0 Å². The molecule has 0 saturated heterocycles. The second-order valence-electron chi connectivity index (χ2n) is 4.44. The topological polar surface area (TPSA) is 62.2 Å². The highest BCUT2D eigenvalue weighted by molar-refractivity contribution is 6.34. The van der Waals surface area contributed by atoms with Crippen molar-refractivity contribution >= 4 is 29.1 Å². The van der Waals surface area contributed by atoms with Gasteiger partial charge in [0, 0.05) is 6.04 Å². The van der Waals surface area contributed by atoms with E-state index in [0.29, 0.717) is 12.8 Å². The first-order chi connectivity index (χ1) is 8.56. The molecular formula is C12H14Cl2N2O2. The number of aromatic nitrogens is 1. The zero-order valence-corrected chi connectivity index (χ0v) is 11.2. The molecule has 98 valence electrons. The molecule has 1 aliphatic rings. The molecule has 1 saturated carbocycles. The molecular weight excluding hydrogens is 275 g/mol. The van der Waals surface area contributed by atoms with Crippen LogP contribution in [0.15, 0.2) is 12.1 Å². The standard InChI is InChI=1S/C12H14Cl2N2O2/c13-9-5-6-10(14)16-11(9)12(18)15-7-1-3-8(17)4-2-7/h5-8,17H,1-4H2,(H,15,18). The fourth-order valence-corrected chi connectivity index (χ4v) is 2.39. The number of carbonyl (C=O) groups excluding carboxylic acids is 1. The molecule has 0 aliphatic heterocycles. The van der Waals surface area contributed by atoms with Gasteiger partial charge >= 0.3 is 0 Å². The van der Waals surface area contributed by atoms with E-state index < -0.39 is 0 Å². The number of nitrogens with one attached hydrogen (secondary N) is 1. The summed E-state index contributed by atoms with van der Waals surface area (Å²) >= 11 is 11.6. The molecule has 2 N–H and O–H groups in total. The van der Waals surface area contributed by atoms with Crippen molar-refractivity contribution in [1.29, 1.82) is 0 Å². The summed E-state index contributed by atoms with van der Waals surface area (Å²) in [7, 11) is 0. The molecule has 1 aromatic rings. The molecule has 1 aliphatic carbocycles. The summed E-state index contributed by atoms with van der Waals surface area (Å²) in [6, 6.07) is 3.16. The molecule has 2 rings (SSSR count). The number of aliphatic hydroxyl groups excluding tert-OH is 1. The Morgan fingerprint density at radius 2 is 1.94 bits per heavy atom. The Labute approximate surface area is 115 Å². The van der Waals surface area contributed by atoms with Gasteiger partial charge in [0.05, 0.1) is 11.1 Å². The van der Waals surface area contributed by atoms with Gasteiger partial charge in [-0.25, -0.2) is 4.98 Å². The van der Waals surface area contributed by atoms with Gasteiger partial charge in [-0.1, -0.05) is 23.2 Å². The van der Waals surface area contributed by atoms with Gasteiger partial charge in [-0.2, -0.15) is 0 Å². The normalized spacial score (nSPS) is 23.7. The Bertz CT molecular complexity index is 446. The molecule has 1 aromatic heterocycles. The Morgan fingerprint density at radius 3 is 2.61 bits per heavy atom. The highest BCUT2D eigenvalue weighted by atomic mass is 35.5. The number of rotatable bonds is 2. The third-order valence-corrected chi connectivity index (χ3v) is 3.57. The first-order valence-corrected chi connectivity index (χ1v) is 6.63. The number of amides is 1. The van der Waals surface area contributed by atoms with Crippen molar-refractivity contribution < 1.29 is 9.90 Å². The third-order valence-electron chi connectivity index (χ3n) is 3.06. The zero-order chi connectivity index (χ0) is 13.1.